The number of anilines is 1. The monoisotopic (exact) mass is 372 g/mol. The van der Waals surface area contributed by atoms with Crippen molar-refractivity contribution in [1.29, 1.82) is 5.26 Å². The molecule has 0 N–H and O–H groups in total. The van der Waals surface area contributed by atoms with E-state index in [1.165, 1.54) is 17.8 Å². The van der Waals surface area contributed by atoms with Gasteiger partial charge in [-0.05, 0) is 36.8 Å². The lowest BCUT2D eigenvalue weighted by atomic mass is 10.1. The Morgan fingerprint density at radius 2 is 1.96 bits per heavy atom. The molecule has 0 fully saturated rings. The van der Waals surface area contributed by atoms with Crippen LogP contribution in [0.5, 0.6) is 0 Å². The Hall–Kier alpha value is -2.30. The molecule has 0 radical (unpaired) electrons. The van der Waals surface area contributed by atoms with Crippen LogP contribution in [-0.4, -0.2) is 25.8 Å². The SMILES string of the molecule is CC1Sc2ccc(S(C)(=O)=O)cc2N(Cc2ccccc2C#N)C1=O. The number of fused-ring (bicyclic) bond motifs is 1. The number of carbonyl (C=O) groups is 1. The molecular weight excluding hydrogens is 356 g/mol. The zero-order valence-electron chi connectivity index (χ0n) is 13.8. The number of carbonyl (C=O) groups excluding carboxylic acids is 1. The maximum atomic E-state index is 12.7. The first-order valence-electron chi connectivity index (χ1n) is 7.61. The largest absolute Gasteiger partial charge is 0.306 e. The minimum atomic E-state index is -3.38. The summed E-state index contributed by atoms with van der Waals surface area (Å²) in [5.41, 5.74) is 1.80. The lowest BCUT2D eigenvalue weighted by Crippen LogP contribution is -2.39. The molecule has 0 aliphatic carbocycles. The molecule has 1 atom stereocenters. The van der Waals surface area contributed by atoms with Crippen molar-refractivity contribution in [2.24, 2.45) is 0 Å². The Balaban J connectivity index is 2.10. The molecule has 1 aliphatic rings. The zero-order valence-corrected chi connectivity index (χ0v) is 15.4. The van der Waals surface area contributed by atoms with Gasteiger partial charge in [-0.2, -0.15) is 5.26 Å². The molecule has 7 heteroatoms. The van der Waals surface area contributed by atoms with Gasteiger partial charge in [0.05, 0.1) is 34.0 Å². The van der Waals surface area contributed by atoms with Crippen molar-refractivity contribution in [3.8, 4) is 6.07 Å². The summed E-state index contributed by atoms with van der Waals surface area (Å²) in [5, 5.41) is 9.00. The fourth-order valence-corrected chi connectivity index (χ4v) is 4.40. The summed E-state index contributed by atoms with van der Waals surface area (Å²) in [5.74, 6) is -0.101. The molecule has 1 aliphatic heterocycles. The molecule has 0 saturated carbocycles. The van der Waals surface area contributed by atoms with Crippen LogP contribution in [0.25, 0.3) is 0 Å². The molecule has 2 aromatic rings. The Bertz CT molecular complexity index is 994. The Morgan fingerprint density at radius 3 is 2.64 bits per heavy atom. The summed E-state index contributed by atoms with van der Waals surface area (Å²) in [6.07, 6.45) is 1.14. The van der Waals surface area contributed by atoms with E-state index in [-0.39, 0.29) is 22.6 Å². The second-order valence-corrected chi connectivity index (χ2v) is 9.25. The number of hydrogen-bond acceptors (Lipinski definition) is 5. The van der Waals surface area contributed by atoms with Gasteiger partial charge in [-0.15, -0.1) is 11.8 Å². The number of thioether (sulfide) groups is 1. The van der Waals surface area contributed by atoms with Crippen LogP contribution in [0.3, 0.4) is 0 Å². The predicted octanol–water partition coefficient (Wildman–Crippen LogP) is 2.99. The van der Waals surface area contributed by atoms with Crippen LogP contribution in [0.1, 0.15) is 18.1 Å². The van der Waals surface area contributed by atoms with E-state index in [1.54, 1.807) is 35.2 Å². The molecule has 0 saturated heterocycles. The highest BCUT2D eigenvalue weighted by Crippen LogP contribution is 2.41. The van der Waals surface area contributed by atoms with Gasteiger partial charge in [-0.3, -0.25) is 4.79 Å². The fraction of sp³-hybridized carbons (Fsp3) is 0.222. The predicted molar refractivity (Wildman–Crippen MR) is 97.2 cm³/mol. The number of nitriles is 1. The first-order chi connectivity index (χ1) is 11.8. The van der Waals surface area contributed by atoms with Crippen LogP contribution in [0.2, 0.25) is 0 Å². The van der Waals surface area contributed by atoms with Gasteiger partial charge >= 0.3 is 0 Å². The number of rotatable bonds is 3. The molecule has 1 amide bonds. The van der Waals surface area contributed by atoms with Crippen LogP contribution >= 0.6 is 11.8 Å². The molecule has 0 bridgehead atoms. The quantitative estimate of drug-likeness (QED) is 0.828. The molecule has 2 aromatic carbocycles. The average Bonchev–Trinajstić information content (AvgIpc) is 2.58. The molecule has 25 heavy (non-hydrogen) atoms. The van der Waals surface area contributed by atoms with Crippen LogP contribution in [0.15, 0.2) is 52.3 Å². The van der Waals surface area contributed by atoms with Crippen molar-refractivity contribution in [2.75, 3.05) is 11.2 Å². The second-order valence-electron chi connectivity index (χ2n) is 5.86. The van der Waals surface area contributed by atoms with Crippen molar-refractivity contribution in [1.82, 2.24) is 0 Å². The van der Waals surface area contributed by atoms with Crippen molar-refractivity contribution in [2.45, 2.75) is 28.5 Å². The van der Waals surface area contributed by atoms with Crippen molar-refractivity contribution in [3.63, 3.8) is 0 Å². The van der Waals surface area contributed by atoms with Crippen molar-refractivity contribution in [3.05, 3.63) is 53.6 Å². The summed E-state index contributed by atoms with van der Waals surface area (Å²) in [6, 6.07) is 14.1. The Kier molecular flexibility index (Phi) is 4.58. The van der Waals surface area contributed by atoms with Gasteiger partial charge in [-0.25, -0.2) is 8.42 Å². The fourth-order valence-electron chi connectivity index (χ4n) is 2.72. The highest BCUT2D eigenvalue weighted by atomic mass is 32.2. The lowest BCUT2D eigenvalue weighted by Gasteiger charge is -2.33. The van der Waals surface area contributed by atoms with E-state index in [1.807, 2.05) is 13.0 Å². The molecule has 0 aromatic heterocycles. The summed E-state index contributed by atoms with van der Waals surface area (Å²) in [4.78, 5) is 15.3. The summed E-state index contributed by atoms with van der Waals surface area (Å²) >= 11 is 1.41. The zero-order chi connectivity index (χ0) is 18.2. The third-order valence-electron chi connectivity index (χ3n) is 4.03. The minimum absolute atomic E-state index is 0.101. The molecule has 1 unspecified atom stereocenters. The van der Waals surface area contributed by atoms with Crippen LogP contribution in [0, 0.1) is 11.3 Å². The van der Waals surface area contributed by atoms with Crippen LogP contribution in [0.4, 0.5) is 5.69 Å². The molecule has 0 spiro atoms. The smallest absolute Gasteiger partial charge is 0.240 e. The van der Waals surface area contributed by atoms with Crippen LogP contribution in [-0.2, 0) is 21.2 Å². The van der Waals surface area contributed by atoms with Gasteiger partial charge in [0.2, 0.25) is 5.91 Å². The topological polar surface area (TPSA) is 78.2 Å². The second kappa shape index (κ2) is 6.54. The summed E-state index contributed by atoms with van der Waals surface area (Å²) < 4.78 is 23.8. The Morgan fingerprint density at radius 1 is 1.24 bits per heavy atom. The number of benzene rings is 2. The van der Waals surface area contributed by atoms with E-state index in [0.717, 1.165) is 16.7 Å². The first-order valence-corrected chi connectivity index (χ1v) is 10.4. The van der Waals surface area contributed by atoms with Gasteiger partial charge < -0.3 is 4.90 Å². The van der Waals surface area contributed by atoms with E-state index in [0.29, 0.717) is 11.3 Å². The molecule has 128 valence electrons. The van der Waals surface area contributed by atoms with Gasteiger partial charge in [0.15, 0.2) is 9.84 Å². The highest BCUT2D eigenvalue weighted by molar-refractivity contribution is 8.01. The summed E-state index contributed by atoms with van der Waals surface area (Å²) in [6.45, 7) is 2.05. The molecule has 3 rings (SSSR count). The van der Waals surface area contributed by atoms with Gasteiger partial charge in [0.25, 0.3) is 0 Å². The normalized spacial score (nSPS) is 17.1. The Labute approximate surface area is 151 Å². The molecule has 1 heterocycles. The maximum Gasteiger partial charge on any atom is 0.240 e. The van der Waals surface area contributed by atoms with Gasteiger partial charge in [0, 0.05) is 11.2 Å². The maximum absolute atomic E-state index is 12.7. The van der Waals surface area contributed by atoms with Crippen LogP contribution < -0.4 is 4.90 Å². The van der Waals surface area contributed by atoms with E-state index in [2.05, 4.69) is 6.07 Å². The minimum Gasteiger partial charge on any atom is -0.306 e. The van der Waals surface area contributed by atoms with E-state index in [4.69, 9.17) is 0 Å². The molecular formula is C18H16N2O3S2. The third kappa shape index (κ3) is 3.41. The van der Waals surface area contributed by atoms with E-state index < -0.39 is 9.84 Å². The number of nitrogens with zero attached hydrogens (tertiary/aromatic N) is 2. The first kappa shape index (κ1) is 17.5. The standard InChI is InChI=1S/C18H16N2O3S2/c1-12-18(21)20(11-14-6-4-3-5-13(14)10-19)16-9-15(25(2,22)23)7-8-17(16)24-12/h3-9,12H,11H2,1-2H3. The third-order valence-corrected chi connectivity index (χ3v) is 6.30. The number of amides is 1. The highest BCUT2D eigenvalue weighted by Gasteiger charge is 2.32. The lowest BCUT2D eigenvalue weighted by molar-refractivity contribution is -0.118. The number of sulfone groups is 1. The van der Waals surface area contributed by atoms with E-state index in [9.17, 15) is 18.5 Å². The molecule has 5 nitrogen and oxygen atoms in total. The summed E-state index contributed by atoms with van der Waals surface area (Å²) in [7, 11) is -3.38. The van der Waals surface area contributed by atoms with Crippen molar-refractivity contribution < 1.29 is 13.2 Å². The van der Waals surface area contributed by atoms with Gasteiger partial charge in [0.1, 0.15) is 0 Å². The number of hydrogen-bond donors (Lipinski definition) is 0. The van der Waals surface area contributed by atoms with Crippen molar-refractivity contribution >= 4 is 33.2 Å². The van der Waals surface area contributed by atoms with Gasteiger partial charge in [-0.1, -0.05) is 18.2 Å². The van der Waals surface area contributed by atoms with E-state index >= 15 is 0 Å². The average molecular weight is 372 g/mol.